The van der Waals surface area contributed by atoms with Gasteiger partial charge in [0.05, 0.1) is 16.4 Å². The number of benzene rings is 1. The van der Waals surface area contributed by atoms with Crippen LogP contribution in [0.1, 0.15) is 43.1 Å². The Morgan fingerprint density at radius 2 is 1.72 bits per heavy atom. The van der Waals surface area contributed by atoms with E-state index in [9.17, 15) is 23.1 Å². The van der Waals surface area contributed by atoms with E-state index in [2.05, 4.69) is 12.6 Å². The molecule has 0 aliphatic carbocycles. The number of thiol groups is 1. The van der Waals surface area contributed by atoms with Gasteiger partial charge in [-0.3, -0.25) is 0 Å². The zero-order valence-corrected chi connectivity index (χ0v) is 18.8. The molecule has 1 heterocycles. The Labute approximate surface area is 187 Å². The molecule has 29 heavy (non-hydrogen) atoms. The molecule has 0 unspecified atom stereocenters. The molecule has 0 bridgehead atoms. The molecule has 1 aliphatic rings. The van der Waals surface area contributed by atoms with Crippen LogP contribution in [0.5, 0.6) is 0 Å². The number of likely N-dealkylation sites (tertiary alicyclic amines) is 1. The highest BCUT2D eigenvalue weighted by Crippen LogP contribution is 2.45. The summed E-state index contributed by atoms with van der Waals surface area (Å²) in [6.45, 7) is 2.99. The lowest BCUT2D eigenvalue weighted by Gasteiger charge is -2.42. The molecule has 2 rings (SSSR count). The van der Waals surface area contributed by atoms with Crippen molar-refractivity contribution in [2.75, 3.05) is 13.1 Å². The maximum Gasteiger partial charge on any atom is 0.416 e. The highest BCUT2D eigenvalue weighted by molar-refractivity contribution is 7.80. The number of halogens is 6. The van der Waals surface area contributed by atoms with Gasteiger partial charge in [-0.05, 0) is 38.3 Å². The van der Waals surface area contributed by atoms with Gasteiger partial charge in [0.25, 0.3) is 0 Å². The SMILES string of the molecule is CC(C)(OC(=O)N1CCC(O)([C@H](S)c2ccccc2C(F)(F)F)CC1)C(Cl)(Cl)Cl. The topological polar surface area (TPSA) is 49.8 Å². The Morgan fingerprint density at radius 1 is 1.21 bits per heavy atom. The molecule has 1 saturated heterocycles. The van der Waals surface area contributed by atoms with Gasteiger partial charge >= 0.3 is 12.3 Å². The van der Waals surface area contributed by atoms with Crippen LogP contribution in [0, 0.1) is 0 Å². The van der Waals surface area contributed by atoms with Crippen LogP contribution < -0.4 is 0 Å². The van der Waals surface area contributed by atoms with Crippen LogP contribution in [0.25, 0.3) is 0 Å². The van der Waals surface area contributed by atoms with Crippen molar-refractivity contribution in [2.24, 2.45) is 0 Å². The molecule has 0 spiro atoms. The third-order valence-electron chi connectivity index (χ3n) is 4.98. The number of amides is 1. The van der Waals surface area contributed by atoms with Crippen LogP contribution in [-0.2, 0) is 10.9 Å². The Bertz CT molecular complexity index is 748. The molecule has 1 fully saturated rings. The summed E-state index contributed by atoms with van der Waals surface area (Å²) < 4.78 is 43.3. The van der Waals surface area contributed by atoms with E-state index in [1.807, 2.05) is 0 Å². The molecule has 1 N–H and O–H groups in total. The highest BCUT2D eigenvalue weighted by atomic mass is 35.6. The number of alkyl halides is 6. The predicted octanol–water partition coefficient (Wildman–Crippen LogP) is 5.79. The molecule has 0 saturated carbocycles. The van der Waals surface area contributed by atoms with Crippen molar-refractivity contribution < 1.29 is 27.8 Å². The van der Waals surface area contributed by atoms with Gasteiger partial charge in [-0.1, -0.05) is 53.0 Å². The van der Waals surface area contributed by atoms with Crippen LogP contribution in [0.3, 0.4) is 0 Å². The largest absolute Gasteiger partial charge is 0.439 e. The van der Waals surface area contributed by atoms with E-state index < -0.39 is 38.1 Å². The summed E-state index contributed by atoms with van der Waals surface area (Å²) in [5.74, 6) is 0. The molecule has 1 aromatic rings. The number of aliphatic hydroxyl groups is 1. The molecule has 4 nitrogen and oxygen atoms in total. The normalized spacial score (nSPS) is 19.0. The first-order chi connectivity index (χ1) is 13.1. The van der Waals surface area contributed by atoms with Gasteiger partial charge in [-0.15, -0.1) is 0 Å². The third kappa shape index (κ3) is 5.58. The van der Waals surface area contributed by atoms with Crippen LogP contribution >= 0.6 is 47.4 Å². The monoisotopic (exact) mass is 493 g/mol. The number of hydrogen-bond acceptors (Lipinski definition) is 4. The lowest BCUT2D eigenvalue weighted by atomic mass is 9.83. The van der Waals surface area contributed by atoms with Crippen molar-refractivity contribution in [3.8, 4) is 0 Å². The number of piperidine rings is 1. The van der Waals surface area contributed by atoms with Crippen molar-refractivity contribution in [2.45, 2.75) is 53.1 Å². The minimum absolute atomic E-state index is 0.0106. The summed E-state index contributed by atoms with van der Waals surface area (Å²) in [6.07, 6.45) is -5.29. The third-order valence-corrected chi connectivity index (χ3v) is 7.11. The zero-order valence-electron chi connectivity index (χ0n) is 15.6. The van der Waals surface area contributed by atoms with Crippen LogP contribution in [0.2, 0.25) is 0 Å². The van der Waals surface area contributed by atoms with E-state index in [-0.39, 0.29) is 31.5 Å². The molecule has 1 aromatic carbocycles. The quantitative estimate of drug-likeness (QED) is 0.413. The van der Waals surface area contributed by atoms with Crippen molar-refractivity contribution in [3.63, 3.8) is 0 Å². The molecule has 1 aliphatic heterocycles. The van der Waals surface area contributed by atoms with Crippen molar-refractivity contribution in [1.82, 2.24) is 4.90 Å². The predicted molar refractivity (Wildman–Crippen MR) is 110 cm³/mol. The summed E-state index contributed by atoms with van der Waals surface area (Å²) in [7, 11) is 0. The minimum Gasteiger partial charge on any atom is -0.439 e. The molecule has 0 radical (unpaired) electrons. The second-order valence-electron chi connectivity index (χ2n) is 7.45. The van der Waals surface area contributed by atoms with Gasteiger partial charge in [-0.25, -0.2) is 4.79 Å². The number of hydrogen-bond donors (Lipinski definition) is 2. The average Bonchev–Trinajstić information content (AvgIpc) is 2.59. The molecular formula is C18H21Cl3F3NO3S. The van der Waals surface area contributed by atoms with E-state index in [4.69, 9.17) is 39.5 Å². The molecule has 1 atom stereocenters. The second kappa shape index (κ2) is 8.54. The molecule has 1 amide bonds. The summed E-state index contributed by atoms with van der Waals surface area (Å²) in [4.78, 5) is 13.7. The molecular weight excluding hydrogens is 474 g/mol. The number of ether oxygens (including phenoxy) is 1. The van der Waals surface area contributed by atoms with Crippen molar-refractivity contribution >= 4 is 53.5 Å². The number of carbonyl (C=O) groups excluding carboxylic acids is 1. The Balaban J connectivity index is 2.11. The minimum atomic E-state index is -4.57. The average molecular weight is 495 g/mol. The number of rotatable bonds is 3. The summed E-state index contributed by atoms with van der Waals surface area (Å²) in [5, 5.41) is 9.87. The van der Waals surface area contributed by atoms with Crippen LogP contribution in [0.4, 0.5) is 18.0 Å². The van der Waals surface area contributed by atoms with Crippen LogP contribution in [-0.4, -0.2) is 44.2 Å². The van der Waals surface area contributed by atoms with E-state index in [0.717, 1.165) is 6.07 Å². The van der Waals surface area contributed by atoms with Gasteiger partial charge in [0.15, 0.2) is 5.60 Å². The Morgan fingerprint density at radius 3 is 2.21 bits per heavy atom. The van der Waals surface area contributed by atoms with E-state index in [1.54, 1.807) is 0 Å². The molecule has 0 aromatic heterocycles. The van der Waals surface area contributed by atoms with Gasteiger partial charge in [0, 0.05) is 13.1 Å². The zero-order chi connectivity index (χ0) is 22.3. The molecule has 11 heteroatoms. The van der Waals surface area contributed by atoms with E-state index >= 15 is 0 Å². The first kappa shape index (κ1) is 24.7. The molecule has 164 valence electrons. The number of carbonyl (C=O) groups is 1. The van der Waals surface area contributed by atoms with Gasteiger partial charge < -0.3 is 14.7 Å². The fraction of sp³-hybridized carbons (Fsp3) is 0.611. The van der Waals surface area contributed by atoms with Gasteiger partial charge in [0.2, 0.25) is 3.79 Å². The standard InChI is InChI=1S/C18H21Cl3F3NO3S/c1-15(2,18(19,20)21)28-14(26)25-9-7-16(27,8-10-25)13(29)11-5-3-4-6-12(11)17(22,23)24/h3-6,13,27,29H,7-10H2,1-2H3/t13-/m1/s1. The van der Waals surface area contributed by atoms with E-state index in [0.29, 0.717) is 0 Å². The second-order valence-corrected chi connectivity index (χ2v) is 10.3. The smallest absolute Gasteiger partial charge is 0.416 e. The highest BCUT2D eigenvalue weighted by Gasteiger charge is 2.47. The Hall–Kier alpha value is -0.540. The maximum absolute atomic E-state index is 13.3. The fourth-order valence-corrected chi connectivity index (χ4v) is 3.57. The fourth-order valence-electron chi connectivity index (χ4n) is 2.97. The number of nitrogens with zero attached hydrogens (tertiary/aromatic N) is 1. The summed E-state index contributed by atoms with van der Waals surface area (Å²) in [6, 6.07) is 4.99. The van der Waals surface area contributed by atoms with Crippen molar-refractivity contribution in [3.05, 3.63) is 35.4 Å². The first-order valence-electron chi connectivity index (χ1n) is 8.70. The Kier molecular flexibility index (Phi) is 7.28. The van der Waals surface area contributed by atoms with E-state index in [1.165, 1.54) is 36.9 Å². The lowest BCUT2D eigenvalue weighted by Crippen LogP contribution is -2.51. The van der Waals surface area contributed by atoms with Gasteiger partial charge in [0.1, 0.15) is 0 Å². The van der Waals surface area contributed by atoms with Crippen molar-refractivity contribution in [1.29, 1.82) is 0 Å². The summed E-state index contributed by atoms with van der Waals surface area (Å²) >= 11 is 21.7. The van der Waals surface area contributed by atoms with Crippen LogP contribution in [0.15, 0.2) is 24.3 Å². The summed E-state index contributed by atoms with van der Waals surface area (Å²) in [5.41, 5.74) is -3.90. The maximum atomic E-state index is 13.3. The lowest BCUT2D eigenvalue weighted by molar-refractivity contribution is -0.138. The van der Waals surface area contributed by atoms with Gasteiger partial charge in [-0.2, -0.15) is 25.8 Å². The first-order valence-corrected chi connectivity index (χ1v) is 10.3.